The van der Waals surface area contributed by atoms with Crippen molar-refractivity contribution >= 4 is 5.91 Å². The van der Waals surface area contributed by atoms with Crippen molar-refractivity contribution in [3.8, 4) is 5.69 Å². The van der Waals surface area contributed by atoms with Gasteiger partial charge in [-0.05, 0) is 44.5 Å². The first-order valence-electron chi connectivity index (χ1n) is 8.02. The van der Waals surface area contributed by atoms with Crippen LogP contribution < -0.4 is 5.32 Å². The van der Waals surface area contributed by atoms with Crippen LogP contribution in [0.2, 0.25) is 0 Å². The van der Waals surface area contributed by atoms with Crippen LogP contribution in [0.15, 0.2) is 49.1 Å². The van der Waals surface area contributed by atoms with E-state index in [0.717, 1.165) is 16.9 Å². The Labute approximate surface area is 141 Å². The molecule has 0 aliphatic rings. The van der Waals surface area contributed by atoms with Gasteiger partial charge in [-0.2, -0.15) is 5.10 Å². The summed E-state index contributed by atoms with van der Waals surface area (Å²) in [4.78, 5) is 16.6. The zero-order valence-electron chi connectivity index (χ0n) is 14.1. The Bertz CT molecular complexity index is 835. The SMILES string of the molecule is CCn1nc(C)cc1C(=O)NC(C)c1cccc(-n2ccnc2)c1. The summed E-state index contributed by atoms with van der Waals surface area (Å²) >= 11 is 0. The number of aromatic nitrogens is 4. The van der Waals surface area contributed by atoms with E-state index >= 15 is 0 Å². The fourth-order valence-electron chi connectivity index (χ4n) is 2.69. The number of rotatable bonds is 5. The van der Waals surface area contributed by atoms with Crippen LogP contribution in [0.1, 0.15) is 41.6 Å². The van der Waals surface area contributed by atoms with Crippen LogP contribution in [0.25, 0.3) is 5.69 Å². The maximum absolute atomic E-state index is 12.5. The number of amides is 1. The fraction of sp³-hybridized carbons (Fsp3) is 0.278. The first kappa shape index (κ1) is 16.0. The maximum atomic E-state index is 12.5. The molecule has 0 aliphatic carbocycles. The second-order valence-electron chi connectivity index (χ2n) is 5.75. The molecule has 1 atom stereocenters. The zero-order chi connectivity index (χ0) is 17.1. The zero-order valence-corrected chi connectivity index (χ0v) is 14.1. The van der Waals surface area contributed by atoms with Gasteiger partial charge in [0.1, 0.15) is 5.69 Å². The first-order valence-corrected chi connectivity index (χ1v) is 8.02. The Morgan fingerprint density at radius 3 is 2.88 bits per heavy atom. The van der Waals surface area contributed by atoms with E-state index in [1.807, 2.05) is 55.8 Å². The van der Waals surface area contributed by atoms with Gasteiger partial charge in [-0.25, -0.2) is 4.98 Å². The number of carbonyl (C=O) groups excluding carboxylic acids is 1. The molecule has 6 nitrogen and oxygen atoms in total. The average molecular weight is 323 g/mol. The second-order valence-corrected chi connectivity index (χ2v) is 5.75. The largest absolute Gasteiger partial charge is 0.344 e. The third-order valence-electron chi connectivity index (χ3n) is 3.95. The van der Waals surface area contributed by atoms with Crippen molar-refractivity contribution in [2.24, 2.45) is 0 Å². The summed E-state index contributed by atoms with van der Waals surface area (Å²) in [7, 11) is 0. The molecule has 3 aromatic rings. The van der Waals surface area contributed by atoms with E-state index in [1.165, 1.54) is 0 Å². The highest BCUT2D eigenvalue weighted by Gasteiger charge is 2.16. The molecular weight excluding hydrogens is 302 g/mol. The predicted molar refractivity (Wildman–Crippen MR) is 92.1 cm³/mol. The van der Waals surface area contributed by atoms with Gasteiger partial charge in [-0.15, -0.1) is 0 Å². The van der Waals surface area contributed by atoms with Crippen molar-refractivity contribution in [1.82, 2.24) is 24.6 Å². The Hall–Kier alpha value is -2.89. The molecule has 1 aromatic carbocycles. The van der Waals surface area contributed by atoms with Gasteiger partial charge in [-0.3, -0.25) is 9.48 Å². The highest BCUT2D eigenvalue weighted by Crippen LogP contribution is 2.17. The minimum Gasteiger partial charge on any atom is -0.344 e. The van der Waals surface area contributed by atoms with Gasteiger partial charge in [0.2, 0.25) is 0 Å². The Balaban J connectivity index is 1.78. The minimum atomic E-state index is -0.113. The number of hydrogen-bond donors (Lipinski definition) is 1. The summed E-state index contributed by atoms with van der Waals surface area (Å²) in [6.07, 6.45) is 5.39. The van der Waals surface area contributed by atoms with Gasteiger partial charge in [0.15, 0.2) is 0 Å². The Morgan fingerprint density at radius 1 is 1.33 bits per heavy atom. The van der Waals surface area contributed by atoms with E-state index in [4.69, 9.17) is 0 Å². The van der Waals surface area contributed by atoms with Crippen LogP contribution in [0.4, 0.5) is 0 Å². The summed E-state index contributed by atoms with van der Waals surface area (Å²) in [5.41, 5.74) is 3.48. The van der Waals surface area contributed by atoms with Gasteiger partial charge >= 0.3 is 0 Å². The number of benzene rings is 1. The Morgan fingerprint density at radius 2 is 2.17 bits per heavy atom. The van der Waals surface area contributed by atoms with Crippen molar-refractivity contribution < 1.29 is 4.79 Å². The van der Waals surface area contributed by atoms with Gasteiger partial charge in [-0.1, -0.05) is 12.1 Å². The smallest absolute Gasteiger partial charge is 0.270 e. The third kappa shape index (κ3) is 3.22. The molecule has 24 heavy (non-hydrogen) atoms. The van der Waals surface area contributed by atoms with Crippen molar-refractivity contribution in [2.45, 2.75) is 33.4 Å². The molecule has 0 fully saturated rings. The maximum Gasteiger partial charge on any atom is 0.270 e. The first-order chi connectivity index (χ1) is 11.6. The van der Waals surface area contributed by atoms with E-state index in [-0.39, 0.29) is 11.9 Å². The number of carbonyl (C=O) groups is 1. The topological polar surface area (TPSA) is 64.7 Å². The number of hydrogen-bond acceptors (Lipinski definition) is 3. The van der Waals surface area contributed by atoms with E-state index < -0.39 is 0 Å². The molecule has 2 heterocycles. The third-order valence-corrected chi connectivity index (χ3v) is 3.95. The molecule has 0 saturated heterocycles. The number of nitrogens with zero attached hydrogens (tertiary/aromatic N) is 4. The molecule has 0 radical (unpaired) electrons. The van der Waals surface area contributed by atoms with Gasteiger partial charge < -0.3 is 9.88 Å². The second kappa shape index (κ2) is 6.70. The van der Waals surface area contributed by atoms with Crippen LogP contribution in [0.5, 0.6) is 0 Å². The van der Waals surface area contributed by atoms with Crippen molar-refractivity contribution in [2.75, 3.05) is 0 Å². The van der Waals surface area contributed by atoms with E-state index in [1.54, 1.807) is 17.2 Å². The molecule has 1 N–H and O–H groups in total. The standard InChI is InChI=1S/C18H21N5O/c1-4-23-17(10-13(2)21-23)18(24)20-14(3)15-6-5-7-16(11-15)22-9-8-19-12-22/h5-12,14H,4H2,1-3H3,(H,20,24). The van der Waals surface area contributed by atoms with Crippen LogP contribution in [0, 0.1) is 6.92 Å². The summed E-state index contributed by atoms with van der Waals surface area (Å²) in [6, 6.07) is 9.75. The normalized spacial score (nSPS) is 12.1. The summed E-state index contributed by atoms with van der Waals surface area (Å²) < 4.78 is 3.66. The highest BCUT2D eigenvalue weighted by atomic mass is 16.2. The highest BCUT2D eigenvalue weighted by molar-refractivity contribution is 5.93. The molecule has 0 bridgehead atoms. The monoisotopic (exact) mass is 323 g/mol. The lowest BCUT2D eigenvalue weighted by Crippen LogP contribution is -2.28. The van der Waals surface area contributed by atoms with E-state index in [0.29, 0.717) is 12.2 Å². The van der Waals surface area contributed by atoms with Crippen molar-refractivity contribution in [3.05, 3.63) is 66.0 Å². The lowest BCUT2D eigenvalue weighted by molar-refractivity contribution is 0.0929. The summed E-state index contributed by atoms with van der Waals surface area (Å²) in [5, 5.41) is 7.37. The minimum absolute atomic E-state index is 0.110. The molecule has 124 valence electrons. The van der Waals surface area contributed by atoms with Gasteiger partial charge in [0.25, 0.3) is 5.91 Å². The number of nitrogens with one attached hydrogen (secondary N) is 1. The molecular formula is C18H21N5O. The van der Waals surface area contributed by atoms with Crippen LogP contribution in [0.3, 0.4) is 0 Å². The molecule has 0 saturated carbocycles. The predicted octanol–water partition coefficient (Wildman–Crippen LogP) is 2.89. The quantitative estimate of drug-likeness (QED) is 0.785. The number of aryl methyl sites for hydroxylation is 2. The molecule has 0 aliphatic heterocycles. The summed E-state index contributed by atoms with van der Waals surface area (Å²) in [6.45, 7) is 6.51. The van der Waals surface area contributed by atoms with Crippen molar-refractivity contribution in [3.63, 3.8) is 0 Å². The van der Waals surface area contributed by atoms with Gasteiger partial charge in [0, 0.05) is 24.6 Å². The molecule has 0 spiro atoms. The summed E-state index contributed by atoms with van der Waals surface area (Å²) in [5.74, 6) is -0.113. The molecule has 1 unspecified atom stereocenters. The molecule has 1 amide bonds. The molecule has 3 rings (SSSR count). The lowest BCUT2D eigenvalue weighted by atomic mass is 10.1. The molecule has 6 heteroatoms. The van der Waals surface area contributed by atoms with E-state index in [2.05, 4.69) is 21.5 Å². The lowest BCUT2D eigenvalue weighted by Gasteiger charge is -2.16. The fourth-order valence-corrected chi connectivity index (χ4v) is 2.69. The molecule has 2 aromatic heterocycles. The van der Waals surface area contributed by atoms with Crippen LogP contribution in [-0.4, -0.2) is 25.2 Å². The number of imidazole rings is 1. The average Bonchev–Trinajstić information content (AvgIpc) is 3.24. The van der Waals surface area contributed by atoms with Crippen LogP contribution in [-0.2, 0) is 6.54 Å². The van der Waals surface area contributed by atoms with Crippen molar-refractivity contribution in [1.29, 1.82) is 0 Å². The van der Waals surface area contributed by atoms with E-state index in [9.17, 15) is 4.79 Å². The van der Waals surface area contributed by atoms with Crippen LogP contribution >= 0.6 is 0 Å². The Kier molecular flexibility index (Phi) is 4.46. The van der Waals surface area contributed by atoms with Gasteiger partial charge in [0.05, 0.1) is 18.1 Å².